The standard InChI is InChI=1S/C17H20N2OS/c20-17(16-8-4-13-21-16)19-10-5-9-18(11-12-19)14-15-6-2-1-3-7-15/h1-4,6-8,13H,5,9-12,14H2. The molecule has 0 radical (unpaired) electrons. The molecular formula is C17H20N2OS. The van der Waals surface area contributed by atoms with Gasteiger partial charge in [0, 0.05) is 32.7 Å². The van der Waals surface area contributed by atoms with E-state index in [2.05, 4.69) is 29.2 Å². The van der Waals surface area contributed by atoms with Gasteiger partial charge in [-0.1, -0.05) is 36.4 Å². The van der Waals surface area contributed by atoms with E-state index in [9.17, 15) is 4.79 Å². The summed E-state index contributed by atoms with van der Waals surface area (Å²) >= 11 is 1.53. The molecule has 0 atom stereocenters. The Morgan fingerprint density at radius 3 is 2.62 bits per heavy atom. The van der Waals surface area contributed by atoms with Crippen LogP contribution in [0, 0.1) is 0 Å². The fourth-order valence-electron chi connectivity index (χ4n) is 2.73. The summed E-state index contributed by atoms with van der Waals surface area (Å²) in [6.45, 7) is 4.67. The highest BCUT2D eigenvalue weighted by molar-refractivity contribution is 7.12. The molecule has 1 aliphatic rings. The number of thiophene rings is 1. The van der Waals surface area contributed by atoms with Gasteiger partial charge in [-0.25, -0.2) is 0 Å². The van der Waals surface area contributed by atoms with E-state index in [1.807, 2.05) is 28.5 Å². The van der Waals surface area contributed by atoms with E-state index in [1.54, 1.807) is 0 Å². The molecule has 0 aliphatic carbocycles. The molecule has 4 heteroatoms. The lowest BCUT2D eigenvalue weighted by atomic mass is 10.2. The van der Waals surface area contributed by atoms with Crippen molar-refractivity contribution >= 4 is 17.2 Å². The first-order valence-electron chi connectivity index (χ1n) is 7.42. The Morgan fingerprint density at radius 2 is 1.86 bits per heavy atom. The summed E-state index contributed by atoms with van der Waals surface area (Å²) in [5, 5.41) is 1.97. The number of amides is 1. The van der Waals surface area contributed by atoms with Crippen LogP contribution in [-0.2, 0) is 6.54 Å². The second-order valence-corrected chi connectivity index (χ2v) is 6.33. The van der Waals surface area contributed by atoms with Crippen LogP contribution < -0.4 is 0 Å². The highest BCUT2D eigenvalue weighted by Crippen LogP contribution is 2.15. The van der Waals surface area contributed by atoms with E-state index in [0.717, 1.165) is 44.0 Å². The molecule has 1 aliphatic heterocycles. The maximum Gasteiger partial charge on any atom is 0.263 e. The molecule has 1 fully saturated rings. The smallest absolute Gasteiger partial charge is 0.263 e. The van der Waals surface area contributed by atoms with Crippen LogP contribution in [-0.4, -0.2) is 41.9 Å². The highest BCUT2D eigenvalue weighted by atomic mass is 32.1. The van der Waals surface area contributed by atoms with Crippen molar-refractivity contribution in [3.05, 3.63) is 58.3 Å². The van der Waals surface area contributed by atoms with E-state index in [1.165, 1.54) is 16.9 Å². The molecule has 0 spiro atoms. The molecular weight excluding hydrogens is 280 g/mol. The minimum atomic E-state index is 0.187. The minimum absolute atomic E-state index is 0.187. The van der Waals surface area contributed by atoms with E-state index >= 15 is 0 Å². The number of hydrogen-bond donors (Lipinski definition) is 0. The zero-order chi connectivity index (χ0) is 14.5. The van der Waals surface area contributed by atoms with Crippen molar-refractivity contribution in [1.29, 1.82) is 0 Å². The maximum atomic E-state index is 12.4. The van der Waals surface area contributed by atoms with Gasteiger partial charge in [-0.15, -0.1) is 11.3 Å². The quantitative estimate of drug-likeness (QED) is 0.869. The zero-order valence-electron chi connectivity index (χ0n) is 12.1. The summed E-state index contributed by atoms with van der Waals surface area (Å²) in [5.74, 6) is 0.187. The van der Waals surface area contributed by atoms with Crippen LogP contribution in [0.25, 0.3) is 0 Å². The van der Waals surface area contributed by atoms with Gasteiger partial charge >= 0.3 is 0 Å². The normalized spacial score (nSPS) is 16.7. The lowest BCUT2D eigenvalue weighted by molar-refractivity contribution is 0.0766. The zero-order valence-corrected chi connectivity index (χ0v) is 12.9. The van der Waals surface area contributed by atoms with Crippen molar-refractivity contribution in [3.63, 3.8) is 0 Å². The van der Waals surface area contributed by atoms with Crippen LogP contribution in [0.3, 0.4) is 0 Å². The molecule has 0 unspecified atom stereocenters. The summed E-state index contributed by atoms with van der Waals surface area (Å²) < 4.78 is 0. The van der Waals surface area contributed by atoms with Crippen LogP contribution in [0.4, 0.5) is 0 Å². The number of carbonyl (C=O) groups excluding carboxylic acids is 1. The van der Waals surface area contributed by atoms with Crippen molar-refractivity contribution in [3.8, 4) is 0 Å². The molecule has 0 saturated carbocycles. The van der Waals surface area contributed by atoms with E-state index in [4.69, 9.17) is 0 Å². The van der Waals surface area contributed by atoms with Gasteiger partial charge in [0.2, 0.25) is 0 Å². The SMILES string of the molecule is O=C(c1cccs1)N1CCCN(Cc2ccccc2)CC1. The van der Waals surface area contributed by atoms with Crippen molar-refractivity contribution in [1.82, 2.24) is 9.80 Å². The van der Waals surface area contributed by atoms with Crippen molar-refractivity contribution in [2.45, 2.75) is 13.0 Å². The number of hydrogen-bond acceptors (Lipinski definition) is 3. The fourth-order valence-corrected chi connectivity index (χ4v) is 3.42. The molecule has 3 rings (SSSR count). The predicted molar refractivity (Wildman–Crippen MR) is 86.6 cm³/mol. The number of nitrogens with zero attached hydrogens (tertiary/aromatic N) is 2. The number of rotatable bonds is 3. The van der Waals surface area contributed by atoms with E-state index in [0.29, 0.717) is 0 Å². The molecule has 2 aromatic rings. The van der Waals surface area contributed by atoms with Gasteiger partial charge in [0.25, 0.3) is 5.91 Å². The van der Waals surface area contributed by atoms with Gasteiger partial charge in [0.15, 0.2) is 0 Å². The van der Waals surface area contributed by atoms with Gasteiger partial charge in [0.05, 0.1) is 4.88 Å². The Labute approximate surface area is 129 Å². The van der Waals surface area contributed by atoms with E-state index < -0.39 is 0 Å². The van der Waals surface area contributed by atoms with Crippen molar-refractivity contribution in [2.75, 3.05) is 26.2 Å². The third-order valence-corrected chi connectivity index (χ3v) is 4.71. The van der Waals surface area contributed by atoms with Gasteiger partial charge < -0.3 is 4.90 Å². The van der Waals surface area contributed by atoms with Crippen molar-refractivity contribution < 1.29 is 4.79 Å². The van der Waals surface area contributed by atoms with Gasteiger partial charge in [-0.3, -0.25) is 9.69 Å². The second-order valence-electron chi connectivity index (χ2n) is 5.38. The summed E-state index contributed by atoms with van der Waals surface area (Å²) in [4.78, 5) is 17.7. The van der Waals surface area contributed by atoms with Crippen LogP contribution in [0.5, 0.6) is 0 Å². The molecule has 1 aromatic heterocycles. The number of carbonyl (C=O) groups is 1. The van der Waals surface area contributed by atoms with Gasteiger partial charge in [-0.05, 0) is 23.4 Å². The monoisotopic (exact) mass is 300 g/mol. The van der Waals surface area contributed by atoms with Crippen LogP contribution in [0.2, 0.25) is 0 Å². The fraction of sp³-hybridized carbons (Fsp3) is 0.353. The third kappa shape index (κ3) is 3.71. The summed E-state index contributed by atoms with van der Waals surface area (Å²) in [5.41, 5.74) is 1.34. The van der Waals surface area contributed by atoms with Crippen LogP contribution in [0.1, 0.15) is 21.7 Å². The molecule has 0 bridgehead atoms. The Balaban J connectivity index is 1.58. The van der Waals surface area contributed by atoms with Gasteiger partial charge in [0.1, 0.15) is 0 Å². The minimum Gasteiger partial charge on any atom is -0.337 e. The Morgan fingerprint density at radius 1 is 1.00 bits per heavy atom. The summed E-state index contributed by atoms with van der Waals surface area (Å²) in [6, 6.07) is 14.4. The Bertz CT molecular complexity index is 568. The van der Waals surface area contributed by atoms with Crippen molar-refractivity contribution in [2.24, 2.45) is 0 Å². The molecule has 1 aromatic carbocycles. The first kappa shape index (κ1) is 14.3. The molecule has 2 heterocycles. The topological polar surface area (TPSA) is 23.6 Å². The lowest BCUT2D eigenvalue weighted by Gasteiger charge is -2.21. The molecule has 1 amide bonds. The Kier molecular flexibility index (Phi) is 4.68. The van der Waals surface area contributed by atoms with Crippen LogP contribution >= 0.6 is 11.3 Å². The maximum absolute atomic E-state index is 12.4. The number of benzene rings is 1. The van der Waals surface area contributed by atoms with Crippen LogP contribution in [0.15, 0.2) is 47.8 Å². The first-order chi connectivity index (χ1) is 10.3. The molecule has 1 saturated heterocycles. The second kappa shape index (κ2) is 6.87. The highest BCUT2D eigenvalue weighted by Gasteiger charge is 2.20. The molecule has 3 nitrogen and oxygen atoms in total. The predicted octanol–water partition coefficient (Wildman–Crippen LogP) is 3.10. The summed E-state index contributed by atoms with van der Waals surface area (Å²) in [7, 11) is 0. The van der Waals surface area contributed by atoms with Gasteiger partial charge in [-0.2, -0.15) is 0 Å². The molecule has 110 valence electrons. The third-order valence-electron chi connectivity index (χ3n) is 3.86. The average Bonchev–Trinajstić information content (AvgIpc) is 2.95. The lowest BCUT2D eigenvalue weighted by Crippen LogP contribution is -2.34. The first-order valence-corrected chi connectivity index (χ1v) is 8.30. The Hall–Kier alpha value is -1.65. The van der Waals surface area contributed by atoms with E-state index in [-0.39, 0.29) is 5.91 Å². The largest absolute Gasteiger partial charge is 0.337 e. The molecule has 21 heavy (non-hydrogen) atoms. The molecule has 0 N–H and O–H groups in total. The summed E-state index contributed by atoms with van der Waals surface area (Å²) in [6.07, 6.45) is 1.05. The average molecular weight is 300 g/mol.